The summed E-state index contributed by atoms with van der Waals surface area (Å²) in [5, 5.41) is 0. The third kappa shape index (κ3) is 3.27. The summed E-state index contributed by atoms with van der Waals surface area (Å²) in [6.07, 6.45) is 15.3. The summed E-state index contributed by atoms with van der Waals surface area (Å²) < 4.78 is 2.39. The number of rotatable bonds is 6. The molecule has 0 bridgehead atoms. The number of piperidine rings is 1. The summed E-state index contributed by atoms with van der Waals surface area (Å²) in [5.41, 5.74) is 0. The third-order valence-electron chi connectivity index (χ3n) is 5.78. The van der Waals surface area contributed by atoms with Crippen LogP contribution in [0, 0.1) is 0 Å². The van der Waals surface area contributed by atoms with Crippen LogP contribution in [-0.2, 0) is 6.54 Å². The van der Waals surface area contributed by atoms with Gasteiger partial charge in [0.15, 0.2) is 0 Å². The summed E-state index contributed by atoms with van der Waals surface area (Å²) in [4.78, 5) is 18.4. The van der Waals surface area contributed by atoms with Gasteiger partial charge in [0.05, 0.1) is 6.54 Å². The first-order chi connectivity index (χ1) is 12.4. The Hall–Kier alpha value is -1.95. The van der Waals surface area contributed by atoms with Crippen molar-refractivity contribution in [3.05, 3.63) is 36.8 Å². The third-order valence-corrected chi connectivity index (χ3v) is 5.78. The second-order valence-corrected chi connectivity index (χ2v) is 7.70. The molecular formula is C19H26N6. The largest absolute Gasteiger partial charge is 0.350 e. The predicted molar refractivity (Wildman–Crippen MR) is 96.3 cm³/mol. The van der Waals surface area contributed by atoms with Crippen LogP contribution in [0.3, 0.4) is 0 Å². The van der Waals surface area contributed by atoms with Crippen molar-refractivity contribution >= 4 is 5.82 Å². The van der Waals surface area contributed by atoms with E-state index in [1.807, 2.05) is 12.4 Å². The summed E-state index contributed by atoms with van der Waals surface area (Å²) in [6, 6.07) is 4.09. The topological polar surface area (TPSA) is 50.1 Å². The summed E-state index contributed by atoms with van der Waals surface area (Å²) in [5.74, 6) is 2.36. The Bertz CT molecular complexity index is 698. The minimum atomic E-state index is 0.613. The Kier molecular flexibility index (Phi) is 3.93. The van der Waals surface area contributed by atoms with Crippen LogP contribution in [0.25, 0.3) is 0 Å². The van der Waals surface area contributed by atoms with Gasteiger partial charge >= 0.3 is 0 Å². The first kappa shape index (κ1) is 15.3. The van der Waals surface area contributed by atoms with Crippen molar-refractivity contribution < 1.29 is 0 Å². The quantitative estimate of drug-likeness (QED) is 0.810. The maximum atomic E-state index is 4.61. The number of likely N-dealkylation sites (tertiary alicyclic amines) is 1. The average molecular weight is 338 g/mol. The van der Waals surface area contributed by atoms with Crippen molar-refractivity contribution in [3.63, 3.8) is 0 Å². The highest BCUT2D eigenvalue weighted by atomic mass is 15.3. The molecule has 6 heteroatoms. The van der Waals surface area contributed by atoms with Gasteiger partial charge in [-0.05, 0) is 44.6 Å². The van der Waals surface area contributed by atoms with Crippen molar-refractivity contribution in [2.75, 3.05) is 18.0 Å². The summed E-state index contributed by atoms with van der Waals surface area (Å²) in [6.45, 7) is 3.29. The van der Waals surface area contributed by atoms with Gasteiger partial charge in [0.1, 0.15) is 18.0 Å². The van der Waals surface area contributed by atoms with Crippen LogP contribution in [-0.4, -0.2) is 49.6 Å². The van der Waals surface area contributed by atoms with E-state index in [1.54, 1.807) is 6.33 Å². The average Bonchev–Trinajstić information content (AvgIpc) is 3.58. The lowest BCUT2D eigenvalue weighted by molar-refractivity contribution is 0.194. The number of nitrogens with zero attached hydrogens (tertiary/aromatic N) is 6. The van der Waals surface area contributed by atoms with Crippen LogP contribution < -0.4 is 4.90 Å². The molecule has 2 aliphatic carbocycles. The predicted octanol–water partition coefficient (Wildman–Crippen LogP) is 2.64. The molecule has 1 aliphatic heterocycles. The standard InChI is InChI=1S/C19H26N6/c1-2-15(1)24-12-9-21-19(24)13-23-10-6-17(7-11-23)25(16-3-4-16)18-5-8-20-14-22-18/h5,8-9,12,14-17H,1-4,6-7,10-11,13H2. The summed E-state index contributed by atoms with van der Waals surface area (Å²) in [7, 11) is 0. The molecule has 6 nitrogen and oxygen atoms in total. The minimum Gasteiger partial charge on any atom is -0.350 e. The van der Waals surface area contributed by atoms with Gasteiger partial charge in [0.25, 0.3) is 0 Å². The molecule has 3 aliphatic rings. The van der Waals surface area contributed by atoms with Gasteiger partial charge in [-0.1, -0.05) is 0 Å². The zero-order chi connectivity index (χ0) is 16.6. The molecule has 5 rings (SSSR count). The van der Waals surface area contributed by atoms with Crippen LogP contribution in [0.2, 0.25) is 0 Å². The lowest BCUT2D eigenvalue weighted by atomic mass is 10.0. The zero-order valence-corrected chi connectivity index (χ0v) is 14.7. The maximum absolute atomic E-state index is 4.61. The van der Waals surface area contributed by atoms with Crippen LogP contribution in [0.1, 0.15) is 50.4 Å². The SMILES string of the molecule is c1cc(N(C2CC2)C2CCN(Cc3nccn3C3CC3)CC2)ncn1. The van der Waals surface area contributed by atoms with E-state index < -0.39 is 0 Å². The molecule has 2 aromatic rings. The van der Waals surface area contributed by atoms with Gasteiger partial charge in [0, 0.05) is 49.8 Å². The molecule has 3 heterocycles. The normalized spacial score (nSPS) is 22.2. The number of hydrogen-bond acceptors (Lipinski definition) is 5. The van der Waals surface area contributed by atoms with Crippen LogP contribution in [0.4, 0.5) is 5.82 Å². The molecule has 0 spiro atoms. The number of aromatic nitrogens is 4. The maximum Gasteiger partial charge on any atom is 0.132 e. The van der Waals surface area contributed by atoms with Crippen LogP contribution >= 0.6 is 0 Å². The molecule has 2 saturated carbocycles. The molecular weight excluding hydrogens is 312 g/mol. The molecule has 0 atom stereocenters. The van der Waals surface area contributed by atoms with E-state index in [0.29, 0.717) is 12.1 Å². The van der Waals surface area contributed by atoms with Crippen LogP contribution in [0.15, 0.2) is 31.0 Å². The van der Waals surface area contributed by atoms with E-state index in [2.05, 4.69) is 41.6 Å². The minimum absolute atomic E-state index is 0.613. The Morgan fingerprint density at radius 2 is 1.76 bits per heavy atom. The second kappa shape index (κ2) is 6.41. The van der Waals surface area contributed by atoms with E-state index in [0.717, 1.165) is 31.5 Å². The van der Waals surface area contributed by atoms with Gasteiger partial charge < -0.3 is 9.47 Å². The highest BCUT2D eigenvalue weighted by molar-refractivity contribution is 5.41. The molecule has 0 unspecified atom stereocenters. The van der Waals surface area contributed by atoms with Crippen molar-refractivity contribution in [1.29, 1.82) is 0 Å². The first-order valence-electron chi connectivity index (χ1n) is 9.67. The Balaban J connectivity index is 1.22. The van der Waals surface area contributed by atoms with Crippen molar-refractivity contribution in [1.82, 2.24) is 24.4 Å². The van der Waals surface area contributed by atoms with E-state index in [4.69, 9.17) is 0 Å². The Morgan fingerprint density at radius 1 is 0.960 bits per heavy atom. The van der Waals surface area contributed by atoms with Gasteiger partial charge in [-0.25, -0.2) is 15.0 Å². The molecule has 0 amide bonds. The van der Waals surface area contributed by atoms with Crippen molar-refractivity contribution in [2.45, 2.75) is 63.2 Å². The van der Waals surface area contributed by atoms with Gasteiger partial charge in [-0.15, -0.1) is 0 Å². The van der Waals surface area contributed by atoms with Gasteiger partial charge in [-0.2, -0.15) is 0 Å². The summed E-state index contributed by atoms with van der Waals surface area (Å²) >= 11 is 0. The highest BCUT2D eigenvalue weighted by Crippen LogP contribution is 2.37. The highest BCUT2D eigenvalue weighted by Gasteiger charge is 2.36. The number of anilines is 1. The molecule has 0 N–H and O–H groups in total. The molecule has 0 aromatic carbocycles. The van der Waals surface area contributed by atoms with E-state index in [9.17, 15) is 0 Å². The van der Waals surface area contributed by atoms with E-state index in [1.165, 1.54) is 44.3 Å². The zero-order valence-electron chi connectivity index (χ0n) is 14.7. The van der Waals surface area contributed by atoms with Gasteiger partial charge in [-0.3, -0.25) is 4.90 Å². The first-order valence-corrected chi connectivity index (χ1v) is 9.67. The van der Waals surface area contributed by atoms with E-state index in [-0.39, 0.29) is 0 Å². The van der Waals surface area contributed by atoms with Gasteiger partial charge in [0.2, 0.25) is 0 Å². The fraction of sp³-hybridized carbons (Fsp3) is 0.632. The van der Waals surface area contributed by atoms with Crippen molar-refractivity contribution in [2.24, 2.45) is 0 Å². The van der Waals surface area contributed by atoms with Crippen molar-refractivity contribution in [3.8, 4) is 0 Å². The monoisotopic (exact) mass is 338 g/mol. The fourth-order valence-electron chi connectivity index (χ4n) is 4.17. The lowest BCUT2D eigenvalue weighted by Gasteiger charge is -2.39. The Morgan fingerprint density at radius 3 is 2.44 bits per heavy atom. The molecule has 132 valence electrons. The number of imidazole rings is 1. The molecule has 2 aromatic heterocycles. The molecule has 3 fully saturated rings. The molecule has 0 radical (unpaired) electrons. The van der Waals surface area contributed by atoms with E-state index >= 15 is 0 Å². The Labute approximate surface area is 148 Å². The number of hydrogen-bond donors (Lipinski definition) is 0. The molecule has 25 heavy (non-hydrogen) atoms. The van der Waals surface area contributed by atoms with Crippen LogP contribution in [0.5, 0.6) is 0 Å². The smallest absolute Gasteiger partial charge is 0.132 e. The second-order valence-electron chi connectivity index (χ2n) is 7.70. The molecule has 1 saturated heterocycles. The lowest BCUT2D eigenvalue weighted by Crippen LogP contribution is -2.46. The fourth-order valence-corrected chi connectivity index (χ4v) is 4.17.